The standard InChI is InChI=1S/C19H27F3/c1-2-3-4-5-14-6-8-15(9-7-14)10-11-16-12-17(20)19(22)18(21)13-16/h12-15H,2-11H2,1H3/t14-,15-. The maximum Gasteiger partial charge on any atom is 0.194 e. The van der Waals surface area contributed by atoms with Crippen molar-refractivity contribution in [2.45, 2.75) is 71.1 Å². The molecule has 1 saturated carbocycles. The molecule has 0 atom stereocenters. The highest BCUT2D eigenvalue weighted by atomic mass is 19.2. The summed E-state index contributed by atoms with van der Waals surface area (Å²) in [5, 5.41) is 0. The van der Waals surface area contributed by atoms with E-state index in [9.17, 15) is 13.2 Å². The van der Waals surface area contributed by atoms with Crippen molar-refractivity contribution >= 4 is 0 Å². The van der Waals surface area contributed by atoms with Crippen LogP contribution in [-0.2, 0) is 6.42 Å². The predicted octanol–water partition coefficient (Wildman–Crippen LogP) is 6.42. The van der Waals surface area contributed by atoms with Crippen LogP contribution in [0.4, 0.5) is 13.2 Å². The van der Waals surface area contributed by atoms with Crippen LogP contribution in [0.25, 0.3) is 0 Å². The lowest BCUT2D eigenvalue weighted by atomic mass is 9.78. The van der Waals surface area contributed by atoms with Gasteiger partial charge >= 0.3 is 0 Å². The van der Waals surface area contributed by atoms with E-state index in [0.29, 0.717) is 17.9 Å². The summed E-state index contributed by atoms with van der Waals surface area (Å²) in [5.41, 5.74) is 0.571. The van der Waals surface area contributed by atoms with Crippen LogP contribution in [0.2, 0.25) is 0 Å². The maximum atomic E-state index is 13.2. The molecule has 1 fully saturated rings. The summed E-state index contributed by atoms with van der Waals surface area (Å²) in [5.74, 6) is -1.98. The quantitative estimate of drug-likeness (QED) is 0.402. The monoisotopic (exact) mass is 312 g/mol. The first-order chi connectivity index (χ1) is 10.6. The summed E-state index contributed by atoms with van der Waals surface area (Å²) < 4.78 is 39.3. The third-order valence-electron chi connectivity index (χ3n) is 5.07. The van der Waals surface area contributed by atoms with Crippen LogP contribution < -0.4 is 0 Å². The van der Waals surface area contributed by atoms with E-state index in [4.69, 9.17) is 0 Å². The molecule has 0 amide bonds. The lowest BCUT2D eigenvalue weighted by Crippen LogP contribution is -2.15. The van der Waals surface area contributed by atoms with E-state index in [1.807, 2.05) is 0 Å². The molecular formula is C19H27F3. The van der Waals surface area contributed by atoms with Crippen LogP contribution in [0.3, 0.4) is 0 Å². The number of halogens is 3. The lowest BCUT2D eigenvalue weighted by Gasteiger charge is -2.28. The Morgan fingerprint density at radius 2 is 1.41 bits per heavy atom. The van der Waals surface area contributed by atoms with Crippen molar-refractivity contribution in [2.75, 3.05) is 0 Å². The van der Waals surface area contributed by atoms with E-state index in [-0.39, 0.29) is 0 Å². The summed E-state index contributed by atoms with van der Waals surface area (Å²) in [6.45, 7) is 2.23. The molecule has 1 aliphatic carbocycles. The van der Waals surface area contributed by atoms with Gasteiger partial charge in [-0.1, -0.05) is 58.3 Å². The molecule has 22 heavy (non-hydrogen) atoms. The van der Waals surface area contributed by atoms with E-state index in [0.717, 1.165) is 24.5 Å². The average Bonchev–Trinajstić information content (AvgIpc) is 2.52. The minimum absolute atomic E-state index is 0.571. The molecule has 0 heterocycles. The van der Waals surface area contributed by atoms with E-state index in [2.05, 4.69) is 6.92 Å². The molecule has 0 nitrogen and oxygen atoms in total. The first-order valence-electron chi connectivity index (χ1n) is 8.73. The van der Waals surface area contributed by atoms with Crippen molar-refractivity contribution in [3.63, 3.8) is 0 Å². The molecule has 0 aromatic heterocycles. The zero-order valence-electron chi connectivity index (χ0n) is 13.5. The second kappa shape index (κ2) is 8.59. The zero-order valence-corrected chi connectivity index (χ0v) is 13.5. The van der Waals surface area contributed by atoms with Crippen molar-refractivity contribution in [1.82, 2.24) is 0 Å². The Balaban J connectivity index is 1.73. The molecule has 1 aromatic rings. The molecule has 0 N–H and O–H groups in total. The van der Waals surface area contributed by atoms with Gasteiger partial charge in [-0.3, -0.25) is 0 Å². The van der Waals surface area contributed by atoms with Crippen molar-refractivity contribution in [2.24, 2.45) is 11.8 Å². The number of rotatable bonds is 7. The molecule has 0 saturated heterocycles. The molecule has 1 aliphatic rings. The molecular weight excluding hydrogens is 285 g/mol. The minimum atomic E-state index is -1.36. The number of aryl methyl sites for hydroxylation is 1. The normalized spacial score (nSPS) is 22.0. The molecule has 0 aliphatic heterocycles. The van der Waals surface area contributed by atoms with Gasteiger partial charge in [0, 0.05) is 0 Å². The summed E-state index contributed by atoms with van der Waals surface area (Å²) in [7, 11) is 0. The number of hydrogen-bond acceptors (Lipinski definition) is 0. The van der Waals surface area contributed by atoms with Crippen molar-refractivity contribution in [1.29, 1.82) is 0 Å². The Morgan fingerprint density at radius 1 is 0.864 bits per heavy atom. The first-order valence-corrected chi connectivity index (χ1v) is 8.73. The topological polar surface area (TPSA) is 0 Å². The second-order valence-electron chi connectivity index (χ2n) is 6.79. The van der Waals surface area contributed by atoms with Crippen LogP contribution in [0, 0.1) is 29.3 Å². The lowest BCUT2D eigenvalue weighted by molar-refractivity contribution is 0.249. The van der Waals surface area contributed by atoms with E-state index in [1.54, 1.807) is 0 Å². The molecule has 1 aromatic carbocycles. The number of benzene rings is 1. The number of hydrogen-bond donors (Lipinski definition) is 0. The fourth-order valence-electron chi connectivity index (χ4n) is 3.61. The van der Waals surface area contributed by atoms with Crippen molar-refractivity contribution in [3.05, 3.63) is 35.1 Å². The molecule has 0 unspecified atom stereocenters. The minimum Gasteiger partial charge on any atom is -0.204 e. The van der Waals surface area contributed by atoms with Crippen LogP contribution >= 0.6 is 0 Å². The van der Waals surface area contributed by atoms with Gasteiger partial charge in [-0.2, -0.15) is 0 Å². The highest BCUT2D eigenvalue weighted by Crippen LogP contribution is 2.34. The molecule has 0 bridgehead atoms. The predicted molar refractivity (Wildman–Crippen MR) is 84.2 cm³/mol. The Bertz CT molecular complexity index is 439. The van der Waals surface area contributed by atoms with Crippen LogP contribution in [-0.4, -0.2) is 0 Å². The molecule has 0 spiro atoms. The van der Waals surface area contributed by atoms with Crippen molar-refractivity contribution in [3.8, 4) is 0 Å². The summed E-state index contributed by atoms with van der Waals surface area (Å²) >= 11 is 0. The fourth-order valence-corrected chi connectivity index (χ4v) is 3.61. The highest BCUT2D eigenvalue weighted by molar-refractivity contribution is 5.19. The maximum absolute atomic E-state index is 13.2. The third kappa shape index (κ3) is 5.03. The van der Waals surface area contributed by atoms with E-state index < -0.39 is 17.5 Å². The van der Waals surface area contributed by atoms with Crippen LogP contribution in [0.5, 0.6) is 0 Å². The van der Waals surface area contributed by atoms with Gasteiger partial charge in [0.25, 0.3) is 0 Å². The second-order valence-corrected chi connectivity index (χ2v) is 6.79. The van der Waals surface area contributed by atoms with Gasteiger partial charge in [-0.25, -0.2) is 13.2 Å². The van der Waals surface area contributed by atoms with Crippen molar-refractivity contribution < 1.29 is 13.2 Å². The van der Waals surface area contributed by atoms with Gasteiger partial charge < -0.3 is 0 Å². The molecule has 124 valence electrons. The molecule has 0 radical (unpaired) electrons. The van der Waals surface area contributed by atoms with Gasteiger partial charge in [0.05, 0.1) is 0 Å². The van der Waals surface area contributed by atoms with Crippen LogP contribution in [0.15, 0.2) is 12.1 Å². The SMILES string of the molecule is CCCCC[C@H]1CC[C@H](CCc2cc(F)c(F)c(F)c2)CC1. The summed E-state index contributed by atoms with van der Waals surface area (Å²) in [6.07, 6.45) is 11.9. The Morgan fingerprint density at radius 3 is 1.95 bits per heavy atom. The van der Waals surface area contributed by atoms with Gasteiger partial charge in [0.15, 0.2) is 17.5 Å². The highest BCUT2D eigenvalue weighted by Gasteiger charge is 2.21. The third-order valence-corrected chi connectivity index (χ3v) is 5.07. The Hall–Kier alpha value is -0.990. The van der Waals surface area contributed by atoms with Gasteiger partial charge in [0.1, 0.15) is 0 Å². The van der Waals surface area contributed by atoms with Gasteiger partial charge in [0.2, 0.25) is 0 Å². The Labute approximate surface area is 132 Å². The molecule has 2 rings (SSSR count). The zero-order chi connectivity index (χ0) is 15.9. The van der Waals surface area contributed by atoms with Crippen LogP contribution in [0.1, 0.15) is 70.3 Å². The number of unbranched alkanes of at least 4 members (excludes halogenated alkanes) is 2. The summed E-state index contributed by atoms with van der Waals surface area (Å²) in [4.78, 5) is 0. The smallest absolute Gasteiger partial charge is 0.194 e. The van der Waals surface area contributed by atoms with E-state index in [1.165, 1.54) is 51.4 Å². The Kier molecular flexibility index (Phi) is 6.78. The van der Waals surface area contributed by atoms with Gasteiger partial charge in [-0.05, 0) is 42.4 Å². The van der Waals surface area contributed by atoms with Gasteiger partial charge in [-0.15, -0.1) is 0 Å². The first kappa shape index (κ1) is 17.4. The fraction of sp³-hybridized carbons (Fsp3) is 0.684. The molecule has 3 heteroatoms. The largest absolute Gasteiger partial charge is 0.204 e. The summed E-state index contributed by atoms with van der Waals surface area (Å²) in [6, 6.07) is 2.27. The average molecular weight is 312 g/mol. The van der Waals surface area contributed by atoms with E-state index >= 15 is 0 Å².